The molecule has 0 saturated heterocycles. The number of hydrogen-bond acceptors (Lipinski definition) is 6. The second-order valence-corrected chi connectivity index (χ2v) is 5.50. The van der Waals surface area contributed by atoms with Crippen LogP contribution in [0.5, 0.6) is 0 Å². The van der Waals surface area contributed by atoms with Crippen LogP contribution in [0.3, 0.4) is 0 Å². The van der Waals surface area contributed by atoms with Gasteiger partial charge in [-0.1, -0.05) is 6.07 Å². The van der Waals surface area contributed by atoms with Crippen molar-refractivity contribution in [2.45, 2.75) is 6.92 Å². The minimum atomic E-state index is -0.663. The van der Waals surface area contributed by atoms with Crippen LogP contribution >= 0.6 is 0 Å². The maximum absolute atomic E-state index is 12.5. The predicted molar refractivity (Wildman–Crippen MR) is 97.8 cm³/mol. The highest BCUT2D eigenvalue weighted by Gasteiger charge is 2.15. The Morgan fingerprint density at radius 2 is 1.30 bits per heavy atom. The number of methoxy groups -OCH3 is 2. The van der Waals surface area contributed by atoms with Gasteiger partial charge < -0.3 is 20.1 Å². The zero-order chi connectivity index (χ0) is 20.0. The van der Waals surface area contributed by atoms with E-state index in [1.165, 1.54) is 45.4 Å². The highest BCUT2D eigenvalue weighted by atomic mass is 16.5. The molecule has 2 aromatic rings. The van der Waals surface area contributed by atoms with Crippen LogP contribution in [0, 0.1) is 0 Å². The van der Waals surface area contributed by atoms with E-state index in [4.69, 9.17) is 0 Å². The van der Waals surface area contributed by atoms with Crippen molar-refractivity contribution >= 4 is 35.1 Å². The van der Waals surface area contributed by atoms with E-state index < -0.39 is 17.8 Å². The molecule has 2 aromatic carbocycles. The Morgan fingerprint density at radius 3 is 1.81 bits per heavy atom. The highest BCUT2D eigenvalue weighted by Crippen LogP contribution is 2.19. The fourth-order valence-electron chi connectivity index (χ4n) is 2.32. The van der Waals surface area contributed by atoms with Gasteiger partial charge in [0.15, 0.2) is 0 Å². The van der Waals surface area contributed by atoms with Gasteiger partial charge in [-0.25, -0.2) is 9.59 Å². The quantitative estimate of drug-likeness (QED) is 0.782. The average Bonchev–Trinajstić information content (AvgIpc) is 2.66. The van der Waals surface area contributed by atoms with Crippen LogP contribution in [0.2, 0.25) is 0 Å². The summed E-state index contributed by atoms with van der Waals surface area (Å²) in [5.74, 6) is -2.08. The first-order valence-electron chi connectivity index (χ1n) is 7.84. The highest BCUT2D eigenvalue weighted by molar-refractivity contribution is 6.06. The molecule has 0 bridgehead atoms. The second kappa shape index (κ2) is 8.61. The average molecular weight is 370 g/mol. The van der Waals surface area contributed by atoms with Gasteiger partial charge in [-0.3, -0.25) is 9.59 Å². The lowest BCUT2D eigenvalue weighted by atomic mass is 10.1. The number of rotatable bonds is 5. The Bertz CT molecular complexity index is 873. The van der Waals surface area contributed by atoms with Crippen LogP contribution in [-0.4, -0.2) is 38.0 Å². The van der Waals surface area contributed by atoms with E-state index in [1.807, 2.05) is 0 Å². The molecule has 0 saturated carbocycles. The Kier molecular flexibility index (Phi) is 6.27. The molecular formula is C19H18N2O6. The number of carbonyl (C=O) groups is 4. The zero-order valence-electron chi connectivity index (χ0n) is 15.0. The normalized spacial score (nSPS) is 9.89. The summed E-state index contributed by atoms with van der Waals surface area (Å²) in [5.41, 5.74) is 1.14. The molecule has 0 heterocycles. The summed E-state index contributed by atoms with van der Waals surface area (Å²) >= 11 is 0. The molecule has 2 N–H and O–H groups in total. The lowest BCUT2D eigenvalue weighted by molar-refractivity contribution is -0.114. The second-order valence-electron chi connectivity index (χ2n) is 5.50. The van der Waals surface area contributed by atoms with Gasteiger partial charge in [0, 0.05) is 23.9 Å². The number of esters is 2. The Hall–Kier alpha value is -3.68. The van der Waals surface area contributed by atoms with Gasteiger partial charge in [-0.05, 0) is 36.4 Å². The summed E-state index contributed by atoms with van der Waals surface area (Å²) in [6.45, 7) is 1.36. The van der Waals surface area contributed by atoms with E-state index >= 15 is 0 Å². The number of amides is 2. The van der Waals surface area contributed by atoms with Crippen LogP contribution < -0.4 is 10.6 Å². The molecule has 0 atom stereocenters. The molecule has 0 radical (unpaired) electrons. The van der Waals surface area contributed by atoms with Crippen molar-refractivity contribution in [1.29, 1.82) is 0 Å². The summed E-state index contributed by atoms with van der Waals surface area (Å²) < 4.78 is 9.32. The Balaban J connectivity index is 2.32. The van der Waals surface area contributed by atoms with Gasteiger partial charge in [-0.2, -0.15) is 0 Å². The molecule has 0 aliphatic heterocycles. The minimum Gasteiger partial charge on any atom is -0.465 e. The van der Waals surface area contributed by atoms with Crippen molar-refractivity contribution < 1.29 is 28.7 Å². The maximum atomic E-state index is 12.5. The van der Waals surface area contributed by atoms with Crippen molar-refractivity contribution in [1.82, 2.24) is 0 Å². The molecule has 2 rings (SSSR count). The molecule has 8 heteroatoms. The molecule has 140 valence electrons. The van der Waals surface area contributed by atoms with Crippen molar-refractivity contribution in [3.63, 3.8) is 0 Å². The molecule has 0 aliphatic carbocycles. The fraction of sp³-hybridized carbons (Fsp3) is 0.158. The number of carbonyl (C=O) groups excluding carboxylic acids is 4. The molecule has 0 spiro atoms. The van der Waals surface area contributed by atoms with Gasteiger partial charge in [0.1, 0.15) is 0 Å². The third-order valence-electron chi connectivity index (χ3n) is 3.48. The molecule has 0 unspecified atom stereocenters. The molecular weight excluding hydrogens is 352 g/mol. The van der Waals surface area contributed by atoms with E-state index in [-0.39, 0.29) is 28.3 Å². The van der Waals surface area contributed by atoms with Crippen molar-refractivity contribution in [2.24, 2.45) is 0 Å². The summed E-state index contributed by atoms with van der Waals surface area (Å²) in [6.07, 6.45) is 0. The van der Waals surface area contributed by atoms with Gasteiger partial charge in [-0.15, -0.1) is 0 Å². The van der Waals surface area contributed by atoms with Gasteiger partial charge >= 0.3 is 11.9 Å². The van der Waals surface area contributed by atoms with Crippen molar-refractivity contribution in [3.05, 3.63) is 59.2 Å². The van der Waals surface area contributed by atoms with Crippen LogP contribution in [0.1, 0.15) is 38.0 Å². The van der Waals surface area contributed by atoms with E-state index in [0.29, 0.717) is 5.69 Å². The van der Waals surface area contributed by atoms with E-state index in [0.717, 1.165) is 0 Å². The molecule has 0 aromatic heterocycles. The first-order valence-corrected chi connectivity index (χ1v) is 7.84. The molecule has 2 amide bonds. The smallest absolute Gasteiger partial charge is 0.337 e. The molecule has 0 aliphatic rings. The lowest BCUT2D eigenvalue weighted by Crippen LogP contribution is -2.15. The minimum absolute atomic E-state index is 0.0858. The molecule has 0 fully saturated rings. The Labute approximate surface area is 155 Å². The topological polar surface area (TPSA) is 111 Å². The van der Waals surface area contributed by atoms with E-state index in [1.54, 1.807) is 18.2 Å². The van der Waals surface area contributed by atoms with E-state index in [2.05, 4.69) is 20.1 Å². The first kappa shape index (κ1) is 19.6. The summed E-state index contributed by atoms with van der Waals surface area (Å²) in [4.78, 5) is 47.3. The number of anilines is 2. The zero-order valence-corrected chi connectivity index (χ0v) is 15.0. The van der Waals surface area contributed by atoms with E-state index in [9.17, 15) is 19.2 Å². The van der Waals surface area contributed by atoms with Gasteiger partial charge in [0.05, 0.1) is 25.3 Å². The maximum Gasteiger partial charge on any atom is 0.337 e. The van der Waals surface area contributed by atoms with Crippen molar-refractivity contribution in [3.8, 4) is 0 Å². The first-order chi connectivity index (χ1) is 12.8. The van der Waals surface area contributed by atoms with Crippen molar-refractivity contribution in [2.75, 3.05) is 24.9 Å². The largest absolute Gasteiger partial charge is 0.465 e. The van der Waals surface area contributed by atoms with Crippen LogP contribution in [0.4, 0.5) is 11.4 Å². The third-order valence-corrected chi connectivity index (χ3v) is 3.48. The standard InChI is InChI=1S/C19H18N2O6/c1-11(22)20-15-6-4-5-12(8-15)17(23)21-16-9-13(18(24)26-2)7-14(10-16)19(25)27-3/h4-10H,1-3H3,(H,20,22)(H,21,23). The van der Waals surface area contributed by atoms with Crippen LogP contribution in [-0.2, 0) is 14.3 Å². The Morgan fingerprint density at radius 1 is 0.741 bits per heavy atom. The number of benzene rings is 2. The SMILES string of the molecule is COC(=O)c1cc(NC(=O)c2cccc(NC(C)=O)c2)cc(C(=O)OC)c1. The predicted octanol–water partition coefficient (Wildman–Crippen LogP) is 2.47. The molecule has 8 nitrogen and oxygen atoms in total. The van der Waals surface area contributed by atoms with Gasteiger partial charge in [0.25, 0.3) is 5.91 Å². The fourth-order valence-corrected chi connectivity index (χ4v) is 2.32. The van der Waals surface area contributed by atoms with Crippen LogP contribution in [0.25, 0.3) is 0 Å². The summed E-state index contributed by atoms with van der Waals surface area (Å²) in [6, 6.07) is 10.4. The third kappa shape index (κ3) is 5.15. The van der Waals surface area contributed by atoms with Gasteiger partial charge in [0.2, 0.25) is 5.91 Å². The number of ether oxygens (including phenoxy) is 2. The molecule has 27 heavy (non-hydrogen) atoms. The number of hydrogen-bond donors (Lipinski definition) is 2. The lowest BCUT2D eigenvalue weighted by Gasteiger charge is -2.10. The summed E-state index contributed by atoms with van der Waals surface area (Å²) in [5, 5.41) is 5.20. The number of nitrogens with one attached hydrogen (secondary N) is 2. The summed E-state index contributed by atoms with van der Waals surface area (Å²) in [7, 11) is 2.41. The monoisotopic (exact) mass is 370 g/mol. The van der Waals surface area contributed by atoms with Crippen LogP contribution in [0.15, 0.2) is 42.5 Å².